The fraction of sp³-hybridized carbons (Fsp3) is 0.300. The highest BCUT2D eigenvalue weighted by Gasteiger charge is 2.85. The maximum absolute atomic E-state index is 12.9. The summed E-state index contributed by atoms with van der Waals surface area (Å²) in [5.41, 5.74) is 0.0633. The molecule has 2 amide bonds. The van der Waals surface area contributed by atoms with Gasteiger partial charge in [0, 0.05) is 17.5 Å². The molecule has 2 fully saturated rings. The lowest BCUT2D eigenvalue weighted by Crippen LogP contribution is -2.39. The number of fused-ring (bicyclic) bond motifs is 1. The average molecular weight is 350 g/mol. The molecule has 1 saturated carbocycles. The maximum atomic E-state index is 12.9. The number of nitrogens with zero attached hydrogens (tertiary/aromatic N) is 1. The molecule has 4 rings (SSSR count). The Morgan fingerprint density at radius 2 is 1.81 bits per heavy atom. The van der Waals surface area contributed by atoms with Crippen molar-refractivity contribution in [3.05, 3.63) is 75.8 Å². The summed E-state index contributed by atoms with van der Waals surface area (Å²) < 4.78 is 0. The number of amides is 2. The number of carbonyl (C=O) groups excluding carboxylic acids is 2. The van der Waals surface area contributed by atoms with Crippen LogP contribution >= 0.6 is 0 Å². The Hall–Kier alpha value is -3.02. The zero-order chi connectivity index (χ0) is 18.5. The predicted octanol–water partition coefficient (Wildman–Crippen LogP) is 2.76. The van der Waals surface area contributed by atoms with Crippen molar-refractivity contribution in [2.75, 3.05) is 0 Å². The van der Waals surface area contributed by atoms with E-state index < -0.39 is 21.7 Å². The highest BCUT2D eigenvalue weighted by atomic mass is 16.6. The quantitative estimate of drug-likeness (QED) is 0.510. The first-order valence-electron chi connectivity index (χ1n) is 8.61. The van der Waals surface area contributed by atoms with Gasteiger partial charge in [-0.15, -0.1) is 0 Å². The molecule has 0 bridgehead atoms. The third-order valence-electron chi connectivity index (χ3n) is 6.06. The van der Waals surface area contributed by atoms with Gasteiger partial charge in [-0.25, -0.2) is 0 Å². The van der Waals surface area contributed by atoms with Crippen LogP contribution in [0.5, 0.6) is 0 Å². The molecule has 6 heteroatoms. The lowest BCUT2D eigenvalue weighted by molar-refractivity contribution is -0.385. The van der Waals surface area contributed by atoms with E-state index in [0.717, 1.165) is 5.56 Å². The van der Waals surface area contributed by atoms with Crippen LogP contribution in [0.15, 0.2) is 54.6 Å². The highest BCUT2D eigenvalue weighted by molar-refractivity contribution is 6.15. The number of hydrogen-bond acceptors (Lipinski definition) is 4. The van der Waals surface area contributed by atoms with E-state index in [1.807, 2.05) is 37.3 Å². The van der Waals surface area contributed by atoms with E-state index in [1.165, 1.54) is 12.1 Å². The number of hydrogen-bond donors (Lipinski definition) is 1. The number of non-ortho nitro benzene ring substituents is 1. The number of nitro groups is 1. The molecular formula is C20H18N2O4. The molecule has 1 aliphatic heterocycles. The van der Waals surface area contributed by atoms with Gasteiger partial charge in [0.05, 0.1) is 16.3 Å². The summed E-state index contributed by atoms with van der Waals surface area (Å²) in [6, 6.07) is 15.9. The Morgan fingerprint density at radius 3 is 2.46 bits per heavy atom. The number of nitro benzene ring substituents is 1. The number of imide groups is 1. The van der Waals surface area contributed by atoms with E-state index in [0.29, 0.717) is 18.4 Å². The first kappa shape index (κ1) is 16.4. The zero-order valence-electron chi connectivity index (χ0n) is 14.3. The molecule has 3 atom stereocenters. The lowest BCUT2D eigenvalue weighted by Gasteiger charge is -2.25. The van der Waals surface area contributed by atoms with Gasteiger partial charge in [-0.2, -0.15) is 0 Å². The number of piperidine rings is 1. The minimum atomic E-state index is -0.880. The summed E-state index contributed by atoms with van der Waals surface area (Å²) in [4.78, 5) is 36.1. The minimum Gasteiger partial charge on any atom is -0.296 e. The van der Waals surface area contributed by atoms with Crippen LogP contribution in [0.4, 0.5) is 5.69 Å². The number of nitrogens with one attached hydrogen (secondary N) is 1. The summed E-state index contributed by atoms with van der Waals surface area (Å²) in [5, 5.41) is 13.7. The van der Waals surface area contributed by atoms with Gasteiger partial charge in [0.2, 0.25) is 11.8 Å². The smallest absolute Gasteiger partial charge is 0.269 e. The van der Waals surface area contributed by atoms with E-state index in [9.17, 15) is 19.7 Å². The molecule has 0 aromatic heterocycles. The maximum Gasteiger partial charge on any atom is 0.269 e. The third kappa shape index (κ3) is 1.92. The third-order valence-corrected chi connectivity index (χ3v) is 6.06. The van der Waals surface area contributed by atoms with Crippen molar-refractivity contribution < 1.29 is 14.5 Å². The number of benzene rings is 2. The van der Waals surface area contributed by atoms with Crippen molar-refractivity contribution >= 4 is 17.5 Å². The molecule has 0 spiro atoms. The molecule has 2 aliphatic rings. The van der Waals surface area contributed by atoms with Gasteiger partial charge in [-0.3, -0.25) is 25.0 Å². The molecule has 1 aliphatic carbocycles. The fourth-order valence-corrected chi connectivity index (χ4v) is 4.98. The van der Waals surface area contributed by atoms with Crippen molar-refractivity contribution in [2.45, 2.75) is 25.2 Å². The first-order valence-corrected chi connectivity index (χ1v) is 8.61. The van der Waals surface area contributed by atoms with Crippen molar-refractivity contribution in [1.82, 2.24) is 5.32 Å². The molecule has 1 heterocycles. The Balaban J connectivity index is 1.85. The van der Waals surface area contributed by atoms with Gasteiger partial charge in [0.25, 0.3) is 5.69 Å². The number of carbonyl (C=O) groups is 2. The monoisotopic (exact) mass is 350 g/mol. The normalized spacial score (nSPS) is 29.2. The fourth-order valence-electron chi connectivity index (χ4n) is 4.98. The van der Waals surface area contributed by atoms with Crippen molar-refractivity contribution in [1.29, 1.82) is 0 Å². The largest absolute Gasteiger partial charge is 0.296 e. The Bertz CT molecular complexity index is 926. The molecule has 132 valence electrons. The van der Waals surface area contributed by atoms with Crippen molar-refractivity contribution in [3.8, 4) is 0 Å². The van der Waals surface area contributed by atoms with Crippen LogP contribution < -0.4 is 5.32 Å². The van der Waals surface area contributed by atoms with Gasteiger partial charge in [0.15, 0.2) is 0 Å². The molecule has 26 heavy (non-hydrogen) atoms. The summed E-state index contributed by atoms with van der Waals surface area (Å²) in [6.45, 7) is 1.93. The first-order chi connectivity index (χ1) is 12.5. The van der Waals surface area contributed by atoms with Gasteiger partial charge < -0.3 is 0 Å². The van der Waals surface area contributed by atoms with Crippen LogP contribution in [0.3, 0.4) is 0 Å². The minimum absolute atomic E-state index is 0.0250. The van der Waals surface area contributed by atoms with Gasteiger partial charge in [-0.1, -0.05) is 49.4 Å². The standard InChI is InChI=1S/C20H18N2O4/c1-2-19(14-9-6-10-15(11-14)22(25)26)16-17(23)21-18(24)20(16,19)12-13-7-4-3-5-8-13/h3-11,16H,2,12H2,1H3,(H,21,23,24). The molecule has 2 aromatic carbocycles. The van der Waals surface area contributed by atoms with Gasteiger partial charge in [-0.05, 0) is 24.0 Å². The topological polar surface area (TPSA) is 89.3 Å². The van der Waals surface area contributed by atoms with Crippen LogP contribution in [-0.4, -0.2) is 16.7 Å². The van der Waals surface area contributed by atoms with Gasteiger partial charge in [0.1, 0.15) is 0 Å². The number of rotatable bonds is 5. The molecule has 1 saturated heterocycles. The van der Waals surface area contributed by atoms with E-state index in [2.05, 4.69) is 5.32 Å². The van der Waals surface area contributed by atoms with Crippen LogP contribution in [0.1, 0.15) is 24.5 Å². The molecule has 3 unspecified atom stereocenters. The van der Waals surface area contributed by atoms with E-state index in [1.54, 1.807) is 12.1 Å². The summed E-state index contributed by atoms with van der Waals surface area (Å²) >= 11 is 0. The molecular weight excluding hydrogens is 332 g/mol. The average Bonchev–Trinajstić information content (AvgIpc) is 3.17. The molecule has 1 N–H and O–H groups in total. The summed E-state index contributed by atoms with van der Waals surface area (Å²) in [7, 11) is 0. The van der Waals surface area contributed by atoms with Gasteiger partial charge >= 0.3 is 0 Å². The van der Waals surface area contributed by atoms with Crippen LogP contribution in [0.2, 0.25) is 0 Å². The van der Waals surface area contributed by atoms with Crippen molar-refractivity contribution in [2.24, 2.45) is 11.3 Å². The molecule has 6 nitrogen and oxygen atoms in total. The molecule has 0 radical (unpaired) electrons. The SMILES string of the molecule is CCC1(c2cccc([N+](=O)[O-])c2)C2C(=O)NC(=O)C21Cc1ccccc1. The van der Waals surface area contributed by atoms with E-state index in [4.69, 9.17) is 0 Å². The van der Waals surface area contributed by atoms with Crippen LogP contribution in [0, 0.1) is 21.4 Å². The predicted molar refractivity (Wildman–Crippen MR) is 94.3 cm³/mol. The molecule has 2 aromatic rings. The Labute approximate surface area is 150 Å². The van der Waals surface area contributed by atoms with E-state index >= 15 is 0 Å². The second kappa shape index (κ2) is 5.49. The highest BCUT2D eigenvalue weighted by Crippen LogP contribution is 2.75. The summed E-state index contributed by atoms with van der Waals surface area (Å²) in [6.07, 6.45) is 0.997. The van der Waals surface area contributed by atoms with E-state index in [-0.39, 0.29) is 17.5 Å². The lowest BCUT2D eigenvalue weighted by atomic mass is 9.79. The summed E-state index contributed by atoms with van der Waals surface area (Å²) in [5.74, 6) is -1.04. The Kier molecular flexibility index (Phi) is 3.47. The van der Waals surface area contributed by atoms with Crippen molar-refractivity contribution in [3.63, 3.8) is 0 Å². The second-order valence-electron chi connectivity index (χ2n) is 7.02. The van der Waals surface area contributed by atoms with Crippen LogP contribution in [-0.2, 0) is 21.4 Å². The Morgan fingerprint density at radius 1 is 1.08 bits per heavy atom. The second-order valence-corrected chi connectivity index (χ2v) is 7.02. The van der Waals surface area contributed by atoms with Crippen LogP contribution in [0.25, 0.3) is 0 Å². The zero-order valence-corrected chi connectivity index (χ0v) is 14.3.